The van der Waals surface area contributed by atoms with Gasteiger partial charge in [0.25, 0.3) is 0 Å². The standard InChI is InChI=1S/C14H9F4NO3/c15-13-11(5-4-9(19-13)7-12(20)21)8-2-1-3-10(6-8)22-14(16,17)18/h1-6H,7H2,(H,20,21). The first-order valence-corrected chi connectivity index (χ1v) is 5.98. The average molecular weight is 315 g/mol. The van der Waals surface area contributed by atoms with Crippen LogP contribution in [0.1, 0.15) is 5.69 Å². The van der Waals surface area contributed by atoms with Crippen LogP contribution in [0.4, 0.5) is 17.6 Å². The number of carboxylic acid groups (broad SMARTS) is 1. The molecule has 4 nitrogen and oxygen atoms in total. The summed E-state index contributed by atoms with van der Waals surface area (Å²) >= 11 is 0. The molecule has 2 aromatic rings. The van der Waals surface area contributed by atoms with E-state index in [9.17, 15) is 22.4 Å². The van der Waals surface area contributed by atoms with Gasteiger partial charge < -0.3 is 9.84 Å². The number of aromatic nitrogens is 1. The van der Waals surface area contributed by atoms with E-state index < -0.39 is 30.4 Å². The van der Waals surface area contributed by atoms with Crippen LogP contribution in [0, 0.1) is 5.95 Å². The number of ether oxygens (including phenoxy) is 1. The number of hydrogen-bond donors (Lipinski definition) is 1. The van der Waals surface area contributed by atoms with Gasteiger partial charge in [0.05, 0.1) is 12.1 Å². The van der Waals surface area contributed by atoms with Gasteiger partial charge in [-0.3, -0.25) is 4.79 Å². The van der Waals surface area contributed by atoms with Crippen LogP contribution in [0.25, 0.3) is 11.1 Å². The minimum atomic E-state index is -4.85. The molecule has 22 heavy (non-hydrogen) atoms. The van der Waals surface area contributed by atoms with E-state index in [-0.39, 0.29) is 16.8 Å². The third-order valence-electron chi connectivity index (χ3n) is 2.62. The first kappa shape index (κ1) is 15.7. The summed E-state index contributed by atoms with van der Waals surface area (Å²) in [4.78, 5) is 14.0. The van der Waals surface area contributed by atoms with Crippen molar-refractivity contribution in [2.75, 3.05) is 0 Å². The topological polar surface area (TPSA) is 59.4 Å². The number of carboxylic acids is 1. The highest BCUT2D eigenvalue weighted by Crippen LogP contribution is 2.29. The Bertz CT molecular complexity index is 701. The highest BCUT2D eigenvalue weighted by molar-refractivity contribution is 5.70. The van der Waals surface area contributed by atoms with Crippen molar-refractivity contribution in [1.82, 2.24) is 4.98 Å². The van der Waals surface area contributed by atoms with Gasteiger partial charge in [0.2, 0.25) is 5.95 Å². The Labute approximate surface area is 122 Å². The van der Waals surface area contributed by atoms with Gasteiger partial charge in [0.15, 0.2) is 0 Å². The van der Waals surface area contributed by atoms with E-state index in [1.54, 1.807) is 0 Å². The van der Waals surface area contributed by atoms with Crippen LogP contribution in [0.5, 0.6) is 5.75 Å². The number of halogens is 4. The SMILES string of the molecule is O=C(O)Cc1ccc(-c2cccc(OC(F)(F)F)c2)c(F)n1. The zero-order chi connectivity index (χ0) is 16.3. The summed E-state index contributed by atoms with van der Waals surface area (Å²) in [6.07, 6.45) is -5.30. The summed E-state index contributed by atoms with van der Waals surface area (Å²) in [5.41, 5.74) is 0.0897. The maximum atomic E-state index is 13.9. The fourth-order valence-electron chi connectivity index (χ4n) is 1.80. The molecule has 1 N–H and O–H groups in total. The van der Waals surface area contributed by atoms with E-state index in [2.05, 4.69) is 9.72 Å². The van der Waals surface area contributed by atoms with Crippen LogP contribution in [-0.2, 0) is 11.2 Å². The first-order chi connectivity index (χ1) is 10.2. The third kappa shape index (κ3) is 4.18. The van der Waals surface area contributed by atoms with Crippen LogP contribution in [0.3, 0.4) is 0 Å². The van der Waals surface area contributed by atoms with Crippen molar-refractivity contribution in [3.05, 3.63) is 48.0 Å². The zero-order valence-electron chi connectivity index (χ0n) is 10.9. The van der Waals surface area contributed by atoms with Gasteiger partial charge in [-0.25, -0.2) is 4.98 Å². The van der Waals surface area contributed by atoms with E-state index in [1.807, 2.05) is 0 Å². The van der Waals surface area contributed by atoms with E-state index >= 15 is 0 Å². The van der Waals surface area contributed by atoms with Gasteiger partial charge in [0.1, 0.15) is 5.75 Å². The highest BCUT2D eigenvalue weighted by Gasteiger charge is 2.31. The average Bonchev–Trinajstić information content (AvgIpc) is 2.36. The Kier molecular flexibility index (Phi) is 4.30. The molecule has 0 saturated heterocycles. The van der Waals surface area contributed by atoms with Gasteiger partial charge in [-0.05, 0) is 29.8 Å². The molecule has 0 unspecified atom stereocenters. The minimum Gasteiger partial charge on any atom is -0.481 e. The molecule has 8 heteroatoms. The molecule has 0 atom stereocenters. The summed E-state index contributed by atoms with van der Waals surface area (Å²) in [7, 11) is 0. The molecule has 1 aromatic heterocycles. The molecule has 0 radical (unpaired) electrons. The van der Waals surface area contributed by atoms with Gasteiger partial charge >= 0.3 is 12.3 Å². The number of rotatable bonds is 4. The highest BCUT2D eigenvalue weighted by atomic mass is 19.4. The fourth-order valence-corrected chi connectivity index (χ4v) is 1.80. The smallest absolute Gasteiger partial charge is 0.481 e. The van der Waals surface area contributed by atoms with Crippen LogP contribution in [0.2, 0.25) is 0 Å². The molecule has 2 rings (SSSR count). The molecule has 0 spiro atoms. The van der Waals surface area contributed by atoms with Crippen LogP contribution in [0.15, 0.2) is 36.4 Å². The van der Waals surface area contributed by atoms with E-state index in [0.717, 1.165) is 12.1 Å². The quantitative estimate of drug-likeness (QED) is 0.694. The van der Waals surface area contributed by atoms with Gasteiger partial charge in [-0.1, -0.05) is 12.1 Å². The molecule has 116 valence electrons. The van der Waals surface area contributed by atoms with E-state index in [1.165, 1.54) is 24.3 Å². The Morgan fingerprint density at radius 2 is 1.95 bits per heavy atom. The summed E-state index contributed by atoms with van der Waals surface area (Å²) in [5, 5.41) is 8.60. The van der Waals surface area contributed by atoms with E-state index in [0.29, 0.717) is 0 Å². The Hall–Kier alpha value is -2.64. The Morgan fingerprint density at radius 3 is 2.55 bits per heavy atom. The maximum Gasteiger partial charge on any atom is 0.573 e. The lowest BCUT2D eigenvalue weighted by Crippen LogP contribution is -2.17. The number of pyridine rings is 1. The molecule has 0 amide bonds. The third-order valence-corrected chi connectivity index (χ3v) is 2.62. The normalized spacial score (nSPS) is 11.3. The lowest BCUT2D eigenvalue weighted by atomic mass is 10.1. The monoisotopic (exact) mass is 315 g/mol. The molecular formula is C14H9F4NO3. The second kappa shape index (κ2) is 6.00. The van der Waals surface area contributed by atoms with Crippen LogP contribution in [-0.4, -0.2) is 22.4 Å². The zero-order valence-corrected chi connectivity index (χ0v) is 10.9. The number of hydrogen-bond acceptors (Lipinski definition) is 3. The first-order valence-electron chi connectivity index (χ1n) is 5.98. The molecule has 0 aliphatic rings. The molecule has 1 aromatic carbocycles. The summed E-state index contributed by atoms with van der Waals surface area (Å²) in [6, 6.07) is 7.32. The van der Waals surface area contributed by atoms with Crippen molar-refractivity contribution in [1.29, 1.82) is 0 Å². The Balaban J connectivity index is 2.32. The molecule has 0 fully saturated rings. The van der Waals surface area contributed by atoms with Crippen molar-refractivity contribution < 1.29 is 32.2 Å². The second-order valence-electron chi connectivity index (χ2n) is 4.29. The van der Waals surface area contributed by atoms with Crippen molar-refractivity contribution in [3.63, 3.8) is 0 Å². The maximum absolute atomic E-state index is 13.9. The van der Waals surface area contributed by atoms with Crippen molar-refractivity contribution in [3.8, 4) is 16.9 Å². The molecule has 0 bridgehead atoms. The fraction of sp³-hybridized carbons (Fsp3) is 0.143. The molecule has 0 saturated carbocycles. The second-order valence-corrected chi connectivity index (χ2v) is 4.29. The van der Waals surface area contributed by atoms with Crippen molar-refractivity contribution in [2.45, 2.75) is 12.8 Å². The lowest BCUT2D eigenvalue weighted by molar-refractivity contribution is -0.274. The minimum absolute atomic E-state index is 0.0106. The summed E-state index contributed by atoms with van der Waals surface area (Å²) in [6.45, 7) is 0. The number of nitrogens with zero attached hydrogens (tertiary/aromatic N) is 1. The number of benzene rings is 1. The molecular weight excluding hydrogens is 306 g/mol. The van der Waals surface area contributed by atoms with E-state index in [4.69, 9.17) is 5.11 Å². The van der Waals surface area contributed by atoms with Gasteiger partial charge in [-0.15, -0.1) is 13.2 Å². The Morgan fingerprint density at radius 1 is 1.23 bits per heavy atom. The predicted octanol–water partition coefficient (Wildman–Crippen LogP) is 3.41. The largest absolute Gasteiger partial charge is 0.573 e. The summed E-state index contributed by atoms with van der Waals surface area (Å²) in [5.74, 6) is -2.62. The molecule has 1 heterocycles. The lowest BCUT2D eigenvalue weighted by Gasteiger charge is -2.10. The van der Waals surface area contributed by atoms with Crippen molar-refractivity contribution >= 4 is 5.97 Å². The summed E-state index contributed by atoms with van der Waals surface area (Å²) < 4.78 is 54.1. The molecule has 0 aliphatic heterocycles. The molecule has 0 aliphatic carbocycles. The predicted molar refractivity (Wildman–Crippen MR) is 67.7 cm³/mol. The van der Waals surface area contributed by atoms with Crippen LogP contribution >= 0.6 is 0 Å². The number of alkyl halides is 3. The number of aliphatic carboxylic acids is 1. The van der Waals surface area contributed by atoms with Crippen molar-refractivity contribution in [2.24, 2.45) is 0 Å². The number of carbonyl (C=O) groups is 1. The van der Waals surface area contributed by atoms with Gasteiger partial charge in [-0.2, -0.15) is 4.39 Å². The van der Waals surface area contributed by atoms with Crippen LogP contribution < -0.4 is 4.74 Å². The van der Waals surface area contributed by atoms with Gasteiger partial charge in [0, 0.05) is 5.56 Å².